The highest BCUT2D eigenvalue weighted by Crippen LogP contribution is 2.39. The number of carbonyl (C=O) groups is 1. The second-order valence-electron chi connectivity index (χ2n) is 5.67. The van der Waals surface area contributed by atoms with Crippen LogP contribution in [0.4, 0.5) is 5.69 Å². The van der Waals surface area contributed by atoms with Gasteiger partial charge < -0.3 is 10.6 Å². The Morgan fingerprint density at radius 1 is 1.28 bits per heavy atom. The van der Waals surface area contributed by atoms with Crippen molar-refractivity contribution in [3.8, 4) is 0 Å². The molecule has 1 amide bonds. The number of hydrogen-bond donors (Lipinski definition) is 1. The summed E-state index contributed by atoms with van der Waals surface area (Å²) in [5, 5.41) is 0. The molecule has 1 saturated carbocycles. The van der Waals surface area contributed by atoms with Crippen LogP contribution in [0.3, 0.4) is 0 Å². The molecule has 2 N–H and O–H groups in total. The second kappa shape index (κ2) is 5.01. The quantitative estimate of drug-likeness (QED) is 0.834. The van der Waals surface area contributed by atoms with Gasteiger partial charge in [0.2, 0.25) is 5.91 Å². The molecule has 1 aromatic rings. The average molecular weight is 246 g/mol. The van der Waals surface area contributed by atoms with Crippen LogP contribution in [0.1, 0.15) is 38.2 Å². The standard InChI is InChI=1S/C15H22N2O/c1-15(9-3-4-10-15)14(18)17(2)11-12-5-7-13(16)8-6-12/h5-8H,3-4,9-11,16H2,1-2H3. The van der Waals surface area contributed by atoms with Gasteiger partial charge in [-0.3, -0.25) is 4.79 Å². The summed E-state index contributed by atoms with van der Waals surface area (Å²) in [5.41, 5.74) is 7.41. The van der Waals surface area contributed by atoms with Crippen LogP contribution in [0.5, 0.6) is 0 Å². The lowest BCUT2D eigenvalue weighted by molar-refractivity contribution is -0.140. The summed E-state index contributed by atoms with van der Waals surface area (Å²) in [4.78, 5) is 14.3. The zero-order valence-electron chi connectivity index (χ0n) is 11.3. The van der Waals surface area contributed by atoms with Crippen molar-refractivity contribution in [3.63, 3.8) is 0 Å². The number of carbonyl (C=O) groups excluding carboxylic acids is 1. The van der Waals surface area contributed by atoms with E-state index in [1.807, 2.05) is 36.2 Å². The maximum absolute atomic E-state index is 12.4. The molecule has 0 heterocycles. The van der Waals surface area contributed by atoms with Gasteiger partial charge in [0.1, 0.15) is 0 Å². The van der Waals surface area contributed by atoms with E-state index in [0.717, 1.165) is 24.1 Å². The lowest BCUT2D eigenvalue weighted by Gasteiger charge is -2.29. The third-order valence-electron chi connectivity index (χ3n) is 3.97. The molecule has 1 aliphatic carbocycles. The normalized spacial score (nSPS) is 17.7. The molecule has 1 fully saturated rings. The van der Waals surface area contributed by atoms with Crippen molar-refractivity contribution in [2.75, 3.05) is 12.8 Å². The largest absolute Gasteiger partial charge is 0.399 e. The lowest BCUT2D eigenvalue weighted by Crippen LogP contribution is -2.38. The highest BCUT2D eigenvalue weighted by atomic mass is 16.2. The van der Waals surface area contributed by atoms with E-state index in [1.165, 1.54) is 12.8 Å². The molecule has 0 saturated heterocycles. The van der Waals surface area contributed by atoms with Gasteiger partial charge in [0.25, 0.3) is 0 Å². The Balaban J connectivity index is 2.01. The molecule has 3 heteroatoms. The zero-order valence-corrected chi connectivity index (χ0v) is 11.3. The number of nitrogen functional groups attached to an aromatic ring is 1. The summed E-state index contributed by atoms with van der Waals surface area (Å²) in [6, 6.07) is 7.72. The molecule has 0 spiro atoms. The number of rotatable bonds is 3. The molecular weight excluding hydrogens is 224 g/mol. The smallest absolute Gasteiger partial charge is 0.228 e. The van der Waals surface area contributed by atoms with Gasteiger partial charge in [-0.1, -0.05) is 31.9 Å². The number of benzene rings is 1. The molecule has 0 radical (unpaired) electrons. The van der Waals surface area contributed by atoms with Crippen molar-refractivity contribution in [2.24, 2.45) is 5.41 Å². The molecule has 98 valence electrons. The van der Waals surface area contributed by atoms with Gasteiger partial charge >= 0.3 is 0 Å². The summed E-state index contributed by atoms with van der Waals surface area (Å²) in [7, 11) is 1.89. The van der Waals surface area contributed by atoms with Gasteiger partial charge in [0.05, 0.1) is 0 Å². The summed E-state index contributed by atoms with van der Waals surface area (Å²) >= 11 is 0. The van der Waals surface area contributed by atoms with Crippen molar-refractivity contribution in [1.82, 2.24) is 4.90 Å². The van der Waals surface area contributed by atoms with Gasteiger partial charge in [0, 0.05) is 24.7 Å². The number of amides is 1. The van der Waals surface area contributed by atoms with E-state index in [9.17, 15) is 4.79 Å². The lowest BCUT2D eigenvalue weighted by atomic mass is 9.87. The minimum absolute atomic E-state index is 0.136. The fraction of sp³-hybridized carbons (Fsp3) is 0.533. The van der Waals surface area contributed by atoms with Crippen LogP contribution in [-0.4, -0.2) is 17.9 Å². The second-order valence-corrected chi connectivity index (χ2v) is 5.67. The van der Waals surface area contributed by atoms with Crippen LogP contribution in [0.2, 0.25) is 0 Å². The summed E-state index contributed by atoms with van der Waals surface area (Å²) in [6.07, 6.45) is 4.41. The van der Waals surface area contributed by atoms with Crippen LogP contribution in [0, 0.1) is 5.41 Å². The molecule has 0 bridgehead atoms. The first kappa shape index (κ1) is 12.9. The Kier molecular flexibility index (Phi) is 3.60. The van der Waals surface area contributed by atoms with Gasteiger partial charge in [-0.25, -0.2) is 0 Å². The third kappa shape index (κ3) is 2.66. The highest BCUT2D eigenvalue weighted by molar-refractivity contribution is 5.82. The van der Waals surface area contributed by atoms with Crippen LogP contribution in [-0.2, 0) is 11.3 Å². The minimum atomic E-state index is -0.136. The molecule has 1 aliphatic rings. The molecule has 0 unspecified atom stereocenters. The van der Waals surface area contributed by atoms with Gasteiger partial charge in [0.15, 0.2) is 0 Å². The predicted octanol–water partition coefficient (Wildman–Crippen LogP) is 2.81. The molecule has 0 atom stereocenters. The van der Waals surface area contributed by atoms with Crippen molar-refractivity contribution < 1.29 is 4.79 Å². The predicted molar refractivity (Wildman–Crippen MR) is 73.9 cm³/mol. The van der Waals surface area contributed by atoms with E-state index in [4.69, 9.17) is 5.73 Å². The maximum atomic E-state index is 12.4. The van der Waals surface area contributed by atoms with Crippen LogP contribution >= 0.6 is 0 Å². The van der Waals surface area contributed by atoms with E-state index in [0.29, 0.717) is 6.54 Å². The Bertz CT molecular complexity index is 419. The molecule has 2 rings (SSSR count). The molecular formula is C15H22N2O. The van der Waals surface area contributed by atoms with E-state index in [2.05, 4.69) is 6.92 Å². The Labute approximate surface area is 109 Å². The topological polar surface area (TPSA) is 46.3 Å². The Hall–Kier alpha value is -1.51. The molecule has 18 heavy (non-hydrogen) atoms. The minimum Gasteiger partial charge on any atom is -0.399 e. The Morgan fingerprint density at radius 2 is 1.83 bits per heavy atom. The van der Waals surface area contributed by atoms with Crippen molar-refractivity contribution >= 4 is 11.6 Å². The fourth-order valence-corrected chi connectivity index (χ4v) is 2.80. The first-order chi connectivity index (χ1) is 8.51. The monoisotopic (exact) mass is 246 g/mol. The number of nitrogens with zero attached hydrogens (tertiary/aromatic N) is 1. The summed E-state index contributed by atoms with van der Waals surface area (Å²) < 4.78 is 0. The van der Waals surface area contributed by atoms with Crippen molar-refractivity contribution in [3.05, 3.63) is 29.8 Å². The van der Waals surface area contributed by atoms with Crippen LogP contribution < -0.4 is 5.73 Å². The van der Waals surface area contributed by atoms with Crippen molar-refractivity contribution in [1.29, 1.82) is 0 Å². The van der Waals surface area contributed by atoms with E-state index < -0.39 is 0 Å². The third-order valence-corrected chi connectivity index (χ3v) is 3.97. The van der Waals surface area contributed by atoms with E-state index in [-0.39, 0.29) is 11.3 Å². The highest BCUT2D eigenvalue weighted by Gasteiger charge is 2.37. The summed E-state index contributed by atoms with van der Waals surface area (Å²) in [6.45, 7) is 2.76. The van der Waals surface area contributed by atoms with Crippen molar-refractivity contribution in [2.45, 2.75) is 39.2 Å². The first-order valence-electron chi connectivity index (χ1n) is 6.61. The van der Waals surface area contributed by atoms with E-state index >= 15 is 0 Å². The zero-order chi connectivity index (χ0) is 13.2. The number of nitrogens with two attached hydrogens (primary N) is 1. The number of hydrogen-bond acceptors (Lipinski definition) is 2. The van der Waals surface area contributed by atoms with Gasteiger partial charge in [-0.05, 0) is 30.5 Å². The molecule has 3 nitrogen and oxygen atoms in total. The van der Waals surface area contributed by atoms with E-state index in [1.54, 1.807) is 0 Å². The van der Waals surface area contributed by atoms with Crippen LogP contribution in [0.15, 0.2) is 24.3 Å². The van der Waals surface area contributed by atoms with Crippen LogP contribution in [0.25, 0.3) is 0 Å². The molecule has 0 aromatic heterocycles. The Morgan fingerprint density at radius 3 is 2.39 bits per heavy atom. The van der Waals surface area contributed by atoms with Gasteiger partial charge in [-0.2, -0.15) is 0 Å². The first-order valence-corrected chi connectivity index (χ1v) is 6.61. The maximum Gasteiger partial charge on any atom is 0.228 e. The average Bonchev–Trinajstić information content (AvgIpc) is 2.79. The summed E-state index contributed by atoms with van der Waals surface area (Å²) in [5.74, 6) is 0.275. The molecule has 0 aliphatic heterocycles. The molecule has 1 aromatic carbocycles. The fourth-order valence-electron chi connectivity index (χ4n) is 2.80. The van der Waals surface area contributed by atoms with Gasteiger partial charge in [-0.15, -0.1) is 0 Å². The SMILES string of the molecule is CN(Cc1ccc(N)cc1)C(=O)C1(C)CCCC1. The number of anilines is 1.